The van der Waals surface area contributed by atoms with Crippen LogP contribution in [0.1, 0.15) is 37.4 Å². The molecule has 0 amide bonds. The minimum atomic E-state index is -0.437. The highest BCUT2D eigenvalue weighted by atomic mass is 16.3. The van der Waals surface area contributed by atoms with Crippen molar-refractivity contribution in [2.75, 3.05) is 11.9 Å². The highest BCUT2D eigenvalue weighted by Gasteiger charge is 2.34. The molecule has 6 heteroatoms. The molecule has 0 aliphatic heterocycles. The zero-order chi connectivity index (χ0) is 20.5. The third-order valence-electron chi connectivity index (χ3n) is 5.05. The zero-order valence-electron chi connectivity index (χ0n) is 15.4. The second kappa shape index (κ2) is 7.41. The van der Waals surface area contributed by atoms with E-state index in [0.717, 1.165) is 5.56 Å². The summed E-state index contributed by atoms with van der Waals surface area (Å²) in [6, 6.07) is 15.6. The van der Waals surface area contributed by atoms with Gasteiger partial charge in [0, 0.05) is 16.8 Å². The molecule has 0 aromatic heterocycles. The second-order valence-corrected chi connectivity index (χ2v) is 6.98. The molecular weight excluding hydrogens is 370 g/mol. The number of phenolic OH excluding ortho intramolecular Hbond substituents is 2. The first-order valence-electron chi connectivity index (χ1n) is 9.19. The van der Waals surface area contributed by atoms with Crippen molar-refractivity contribution in [1.29, 1.82) is 0 Å². The summed E-state index contributed by atoms with van der Waals surface area (Å²) in [5, 5.41) is 32.6. The molecule has 0 saturated heterocycles. The number of rotatable bonds is 5. The van der Waals surface area contributed by atoms with Gasteiger partial charge in [0.25, 0.3) is 0 Å². The fraction of sp³-hybridized carbons (Fsp3) is 0.130. The predicted molar refractivity (Wildman–Crippen MR) is 108 cm³/mol. The van der Waals surface area contributed by atoms with E-state index < -0.39 is 11.8 Å². The number of carbonyl (C=O) groups excluding carboxylic acids is 2. The van der Waals surface area contributed by atoms with Gasteiger partial charge in [-0.3, -0.25) is 9.59 Å². The Balaban J connectivity index is 1.71. The van der Waals surface area contributed by atoms with Crippen molar-refractivity contribution in [3.05, 3.63) is 88.5 Å². The van der Waals surface area contributed by atoms with Gasteiger partial charge in [-0.05, 0) is 36.2 Å². The number of phenols is 2. The zero-order valence-corrected chi connectivity index (χ0v) is 15.4. The summed E-state index contributed by atoms with van der Waals surface area (Å²) in [7, 11) is 0. The molecule has 1 aliphatic rings. The van der Waals surface area contributed by atoms with Crippen molar-refractivity contribution < 1.29 is 24.9 Å². The molecule has 0 spiro atoms. The van der Waals surface area contributed by atoms with E-state index in [1.165, 1.54) is 12.1 Å². The summed E-state index contributed by atoms with van der Waals surface area (Å²) in [5.41, 5.74) is 1.90. The van der Waals surface area contributed by atoms with Crippen LogP contribution in [-0.4, -0.2) is 39.5 Å². The second-order valence-electron chi connectivity index (χ2n) is 6.98. The molecule has 29 heavy (non-hydrogen) atoms. The molecule has 4 rings (SSSR count). The van der Waals surface area contributed by atoms with Crippen LogP contribution in [0, 0.1) is 0 Å². The molecular formula is C23H19NO5. The van der Waals surface area contributed by atoms with Crippen LogP contribution in [0.3, 0.4) is 0 Å². The standard InChI is InChI=1S/C23H19NO5/c25-12-14(11-13-5-7-15(26)8-6-13)24-18-9-10-19(27)21-20(18)22(28)16-3-1-2-4-17(16)23(21)29/h1-10,14,24-27H,11-12H2/t14-/m1/s1. The summed E-state index contributed by atoms with van der Waals surface area (Å²) in [6.45, 7) is -0.213. The van der Waals surface area contributed by atoms with Crippen molar-refractivity contribution in [3.8, 4) is 11.5 Å². The lowest BCUT2D eigenvalue weighted by Gasteiger charge is -2.24. The maximum Gasteiger partial charge on any atom is 0.198 e. The maximum absolute atomic E-state index is 13.1. The third-order valence-corrected chi connectivity index (χ3v) is 5.05. The number of fused-ring (bicyclic) bond motifs is 2. The first-order valence-corrected chi connectivity index (χ1v) is 9.19. The number of aliphatic hydroxyl groups excluding tert-OH is 1. The third kappa shape index (κ3) is 3.34. The molecule has 1 aliphatic carbocycles. The molecule has 6 nitrogen and oxygen atoms in total. The number of hydrogen-bond acceptors (Lipinski definition) is 6. The van der Waals surface area contributed by atoms with Crippen molar-refractivity contribution in [1.82, 2.24) is 0 Å². The van der Waals surface area contributed by atoms with Crippen LogP contribution in [0.25, 0.3) is 0 Å². The molecule has 0 unspecified atom stereocenters. The largest absolute Gasteiger partial charge is 0.508 e. The Morgan fingerprint density at radius 2 is 1.41 bits per heavy atom. The van der Waals surface area contributed by atoms with Crippen LogP contribution >= 0.6 is 0 Å². The number of aliphatic hydroxyl groups is 1. The van der Waals surface area contributed by atoms with Crippen molar-refractivity contribution in [2.24, 2.45) is 0 Å². The van der Waals surface area contributed by atoms with Gasteiger partial charge in [0.1, 0.15) is 11.5 Å². The topological polar surface area (TPSA) is 107 Å². The van der Waals surface area contributed by atoms with Crippen LogP contribution in [0.2, 0.25) is 0 Å². The monoisotopic (exact) mass is 389 g/mol. The van der Waals surface area contributed by atoms with Crippen LogP contribution in [0.4, 0.5) is 5.69 Å². The Kier molecular flexibility index (Phi) is 4.78. The van der Waals surface area contributed by atoms with E-state index in [4.69, 9.17) is 0 Å². The van der Waals surface area contributed by atoms with Gasteiger partial charge >= 0.3 is 0 Å². The Morgan fingerprint density at radius 1 is 0.793 bits per heavy atom. The minimum absolute atomic E-state index is 0.0278. The lowest BCUT2D eigenvalue weighted by atomic mass is 9.82. The Labute approximate surface area is 167 Å². The number of ketones is 2. The first-order chi connectivity index (χ1) is 14.0. The quantitative estimate of drug-likeness (QED) is 0.391. The fourth-order valence-corrected chi connectivity index (χ4v) is 3.62. The lowest BCUT2D eigenvalue weighted by Crippen LogP contribution is -2.29. The van der Waals surface area contributed by atoms with Crippen molar-refractivity contribution in [3.63, 3.8) is 0 Å². The Hall–Kier alpha value is -3.64. The van der Waals surface area contributed by atoms with Gasteiger partial charge in [0.2, 0.25) is 0 Å². The van der Waals surface area contributed by atoms with Gasteiger partial charge in [0.15, 0.2) is 11.6 Å². The molecule has 0 saturated carbocycles. The number of hydrogen-bond donors (Lipinski definition) is 4. The summed E-state index contributed by atoms with van der Waals surface area (Å²) in [5.74, 6) is -0.861. The van der Waals surface area contributed by atoms with E-state index in [0.29, 0.717) is 12.1 Å². The van der Waals surface area contributed by atoms with Crippen LogP contribution in [-0.2, 0) is 6.42 Å². The van der Waals surface area contributed by atoms with E-state index in [1.54, 1.807) is 48.5 Å². The minimum Gasteiger partial charge on any atom is -0.508 e. The van der Waals surface area contributed by atoms with E-state index in [-0.39, 0.29) is 46.1 Å². The van der Waals surface area contributed by atoms with Gasteiger partial charge in [0.05, 0.1) is 23.8 Å². The molecule has 3 aromatic rings. The first kappa shape index (κ1) is 18.7. The average molecular weight is 389 g/mol. The summed E-state index contributed by atoms with van der Waals surface area (Å²) in [4.78, 5) is 26.0. The van der Waals surface area contributed by atoms with E-state index in [1.807, 2.05) is 0 Å². The number of benzene rings is 3. The molecule has 0 fully saturated rings. The number of anilines is 1. The van der Waals surface area contributed by atoms with Gasteiger partial charge < -0.3 is 20.6 Å². The Bertz CT molecular complexity index is 1100. The Morgan fingerprint density at radius 3 is 2.03 bits per heavy atom. The molecule has 146 valence electrons. The average Bonchev–Trinajstić information content (AvgIpc) is 2.74. The van der Waals surface area contributed by atoms with Gasteiger partial charge in [-0.2, -0.15) is 0 Å². The maximum atomic E-state index is 13.1. The van der Waals surface area contributed by atoms with Crippen molar-refractivity contribution in [2.45, 2.75) is 12.5 Å². The van der Waals surface area contributed by atoms with Crippen LogP contribution in [0.15, 0.2) is 60.7 Å². The van der Waals surface area contributed by atoms with Crippen LogP contribution < -0.4 is 5.32 Å². The summed E-state index contributed by atoms with van der Waals surface area (Å²) in [6.07, 6.45) is 0.436. The van der Waals surface area contributed by atoms with E-state index >= 15 is 0 Å². The van der Waals surface area contributed by atoms with Gasteiger partial charge in [-0.15, -0.1) is 0 Å². The van der Waals surface area contributed by atoms with Crippen LogP contribution in [0.5, 0.6) is 11.5 Å². The number of carbonyl (C=O) groups is 2. The van der Waals surface area contributed by atoms with Gasteiger partial charge in [-0.25, -0.2) is 0 Å². The number of nitrogens with one attached hydrogen (secondary N) is 1. The molecule has 3 aromatic carbocycles. The summed E-state index contributed by atoms with van der Waals surface area (Å²) >= 11 is 0. The van der Waals surface area contributed by atoms with Crippen molar-refractivity contribution >= 4 is 17.3 Å². The predicted octanol–water partition coefficient (Wildman–Crippen LogP) is 2.89. The molecule has 4 N–H and O–H groups in total. The lowest BCUT2D eigenvalue weighted by molar-refractivity contribution is 0.0977. The van der Waals surface area contributed by atoms with Gasteiger partial charge in [-0.1, -0.05) is 36.4 Å². The normalized spacial score (nSPS) is 13.6. The fourth-order valence-electron chi connectivity index (χ4n) is 3.62. The molecule has 0 radical (unpaired) electrons. The summed E-state index contributed by atoms with van der Waals surface area (Å²) < 4.78 is 0. The highest BCUT2D eigenvalue weighted by molar-refractivity contribution is 6.31. The highest BCUT2D eigenvalue weighted by Crippen LogP contribution is 2.37. The van der Waals surface area contributed by atoms with E-state index in [2.05, 4.69) is 5.32 Å². The SMILES string of the molecule is O=C1c2ccccc2C(=O)c2c(N[C@@H](CO)Cc3ccc(O)cc3)ccc(O)c21. The molecule has 0 bridgehead atoms. The smallest absolute Gasteiger partial charge is 0.198 e. The molecule has 1 atom stereocenters. The number of aromatic hydroxyl groups is 2. The molecule has 0 heterocycles. The van der Waals surface area contributed by atoms with E-state index in [9.17, 15) is 24.9 Å².